The molecule has 0 aliphatic carbocycles. The maximum atomic E-state index is 11.6. The van der Waals surface area contributed by atoms with Gasteiger partial charge in [0.25, 0.3) is 0 Å². The normalized spacial score (nSPS) is 23.1. The van der Waals surface area contributed by atoms with Crippen LogP contribution in [0.1, 0.15) is 52.9 Å². The summed E-state index contributed by atoms with van der Waals surface area (Å²) in [4.78, 5) is 0. The molecule has 1 fully saturated rings. The van der Waals surface area contributed by atoms with Crippen LogP contribution in [0.5, 0.6) is 0 Å². The van der Waals surface area contributed by atoms with Gasteiger partial charge in [-0.15, -0.1) is 0 Å². The highest BCUT2D eigenvalue weighted by atomic mass is 32.2. The maximum Gasteiger partial charge on any atom is 0.211 e. The Morgan fingerprint density at radius 1 is 1.35 bits per heavy atom. The molecule has 0 aromatic heterocycles. The topological polar surface area (TPSA) is 49.4 Å². The van der Waals surface area contributed by atoms with E-state index in [4.69, 9.17) is 0 Å². The molecule has 1 N–H and O–H groups in total. The molecule has 20 heavy (non-hydrogen) atoms. The van der Waals surface area contributed by atoms with Gasteiger partial charge in [-0.25, -0.2) is 12.7 Å². The van der Waals surface area contributed by atoms with E-state index in [1.54, 1.807) is 4.31 Å². The number of hydrogen-bond donors (Lipinski definition) is 1. The van der Waals surface area contributed by atoms with Gasteiger partial charge in [0.15, 0.2) is 0 Å². The number of piperidine rings is 1. The lowest BCUT2D eigenvalue weighted by molar-refractivity contribution is 0.243. The third-order valence-electron chi connectivity index (χ3n) is 4.12. The first-order valence-electron chi connectivity index (χ1n) is 8.01. The first kappa shape index (κ1) is 17.9. The van der Waals surface area contributed by atoms with Crippen molar-refractivity contribution in [2.45, 2.75) is 58.9 Å². The molecule has 2 unspecified atom stereocenters. The standard InChI is InChI=1S/C15H32N2O2S/c1-5-16-15(11-13(2)3)9-8-14-7-6-10-17(12-14)20(4,18)19/h13-16H,5-12H2,1-4H3. The average Bonchev–Trinajstić information content (AvgIpc) is 2.35. The largest absolute Gasteiger partial charge is 0.314 e. The first-order valence-corrected chi connectivity index (χ1v) is 9.86. The smallest absolute Gasteiger partial charge is 0.211 e. The van der Waals surface area contributed by atoms with E-state index in [9.17, 15) is 8.42 Å². The molecule has 0 spiro atoms. The lowest BCUT2D eigenvalue weighted by atomic mass is 9.90. The Morgan fingerprint density at radius 2 is 2.05 bits per heavy atom. The molecule has 0 amide bonds. The van der Waals surface area contributed by atoms with Crippen molar-refractivity contribution in [1.82, 2.24) is 9.62 Å². The fraction of sp³-hybridized carbons (Fsp3) is 1.00. The molecule has 0 aromatic rings. The summed E-state index contributed by atoms with van der Waals surface area (Å²) in [7, 11) is -3.01. The van der Waals surface area contributed by atoms with Crippen LogP contribution in [0.3, 0.4) is 0 Å². The average molecular weight is 305 g/mol. The van der Waals surface area contributed by atoms with Gasteiger partial charge < -0.3 is 5.32 Å². The summed E-state index contributed by atoms with van der Waals surface area (Å²) in [5, 5.41) is 3.56. The Kier molecular flexibility index (Phi) is 7.48. The minimum atomic E-state index is -3.01. The second-order valence-electron chi connectivity index (χ2n) is 6.59. The zero-order valence-corrected chi connectivity index (χ0v) is 14.4. The van der Waals surface area contributed by atoms with E-state index in [-0.39, 0.29) is 0 Å². The number of sulfonamides is 1. The van der Waals surface area contributed by atoms with Gasteiger partial charge in [-0.2, -0.15) is 0 Å². The van der Waals surface area contributed by atoms with E-state index in [0.29, 0.717) is 24.4 Å². The molecule has 120 valence electrons. The molecule has 5 heteroatoms. The second kappa shape index (κ2) is 8.35. The summed E-state index contributed by atoms with van der Waals surface area (Å²) in [6, 6.07) is 0.577. The summed E-state index contributed by atoms with van der Waals surface area (Å²) in [5.74, 6) is 1.24. The van der Waals surface area contributed by atoms with Gasteiger partial charge in [0, 0.05) is 19.1 Å². The SMILES string of the molecule is CCNC(CCC1CCCN(S(C)(=O)=O)C1)CC(C)C. The lowest BCUT2D eigenvalue weighted by Gasteiger charge is -2.32. The third-order valence-corrected chi connectivity index (χ3v) is 5.39. The van der Waals surface area contributed by atoms with Crippen molar-refractivity contribution >= 4 is 10.0 Å². The van der Waals surface area contributed by atoms with Crippen molar-refractivity contribution in [3.8, 4) is 0 Å². The highest BCUT2D eigenvalue weighted by molar-refractivity contribution is 7.88. The highest BCUT2D eigenvalue weighted by Crippen LogP contribution is 2.24. The molecule has 0 radical (unpaired) electrons. The molecule has 0 saturated carbocycles. The zero-order chi connectivity index (χ0) is 15.2. The fourth-order valence-corrected chi connectivity index (χ4v) is 4.10. The van der Waals surface area contributed by atoms with Crippen LogP contribution in [-0.4, -0.2) is 44.7 Å². The summed E-state index contributed by atoms with van der Waals surface area (Å²) in [6.07, 6.45) is 7.01. The summed E-state index contributed by atoms with van der Waals surface area (Å²) < 4.78 is 24.9. The van der Waals surface area contributed by atoms with Crippen LogP contribution in [-0.2, 0) is 10.0 Å². The maximum absolute atomic E-state index is 11.6. The predicted molar refractivity (Wildman–Crippen MR) is 85.3 cm³/mol. The van der Waals surface area contributed by atoms with Crippen LogP contribution in [0.4, 0.5) is 0 Å². The Morgan fingerprint density at radius 3 is 2.60 bits per heavy atom. The molecular weight excluding hydrogens is 272 g/mol. The van der Waals surface area contributed by atoms with Crippen LogP contribution in [0, 0.1) is 11.8 Å². The molecule has 1 aliphatic rings. The molecule has 0 bridgehead atoms. The van der Waals surface area contributed by atoms with E-state index in [1.807, 2.05) is 0 Å². The Labute approximate surface area is 125 Å². The van der Waals surface area contributed by atoms with Crippen molar-refractivity contribution in [2.24, 2.45) is 11.8 Å². The minimum Gasteiger partial charge on any atom is -0.314 e. The van der Waals surface area contributed by atoms with E-state index < -0.39 is 10.0 Å². The van der Waals surface area contributed by atoms with Crippen LogP contribution in [0.15, 0.2) is 0 Å². The van der Waals surface area contributed by atoms with Crippen molar-refractivity contribution in [2.75, 3.05) is 25.9 Å². The molecular formula is C15H32N2O2S. The molecule has 2 atom stereocenters. The van der Waals surface area contributed by atoms with Gasteiger partial charge in [-0.3, -0.25) is 0 Å². The third kappa shape index (κ3) is 6.55. The van der Waals surface area contributed by atoms with E-state index >= 15 is 0 Å². The number of nitrogens with zero attached hydrogens (tertiary/aromatic N) is 1. The Hall–Kier alpha value is -0.130. The number of hydrogen-bond acceptors (Lipinski definition) is 3. The van der Waals surface area contributed by atoms with E-state index in [0.717, 1.165) is 32.4 Å². The van der Waals surface area contributed by atoms with Crippen LogP contribution < -0.4 is 5.32 Å². The van der Waals surface area contributed by atoms with Crippen molar-refractivity contribution in [3.05, 3.63) is 0 Å². The van der Waals surface area contributed by atoms with E-state index in [2.05, 4.69) is 26.1 Å². The van der Waals surface area contributed by atoms with Gasteiger partial charge in [0.2, 0.25) is 10.0 Å². The minimum absolute atomic E-state index is 0.534. The zero-order valence-electron chi connectivity index (χ0n) is 13.6. The van der Waals surface area contributed by atoms with E-state index in [1.165, 1.54) is 19.1 Å². The Bertz CT molecular complexity index is 368. The van der Waals surface area contributed by atoms with Crippen LogP contribution in [0.25, 0.3) is 0 Å². The first-order chi connectivity index (χ1) is 9.32. The van der Waals surface area contributed by atoms with Gasteiger partial charge in [0.05, 0.1) is 6.26 Å². The van der Waals surface area contributed by atoms with Crippen LogP contribution >= 0.6 is 0 Å². The quantitative estimate of drug-likeness (QED) is 0.749. The number of rotatable bonds is 8. The monoisotopic (exact) mass is 304 g/mol. The van der Waals surface area contributed by atoms with Crippen molar-refractivity contribution in [1.29, 1.82) is 0 Å². The van der Waals surface area contributed by atoms with Gasteiger partial charge in [-0.05, 0) is 50.5 Å². The molecule has 1 rings (SSSR count). The molecule has 4 nitrogen and oxygen atoms in total. The van der Waals surface area contributed by atoms with Gasteiger partial charge >= 0.3 is 0 Å². The molecule has 0 aromatic carbocycles. The highest BCUT2D eigenvalue weighted by Gasteiger charge is 2.26. The van der Waals surface area contributed by atoms with Crippen molar-refractivity contribution in [3.63, 3.8) is 0 Å². The second-order valence-corrected chi connectivity index (χ2v) is 8.57. The summed E-state index contributed by atoms with van der Waals surface area (Å²) in [6.45, 7) is 9.11. The Balaban J connectivity index is 2.42. The van der Waals surface area contributed by atoms with Crippen LogP contribution in [0.2, 0.25) is 0 Å². The molecule has 1 saturated heterocycles. The van der Waals surface area contributed by atoms with Crippen molar-refractivity contribution < 1.29 is 8.42 Å². The number of nitrogens with one attached hydrogen (secondary N) is 1. The fourth-order valence-electron chi connectivity index (χ4n) is 3.16. The lowest BCUT2D eigenvalue weighted by Crippen LogP contribution is -2.40. The molecule has 1 aliphatic heterocycles. The van der Waals surface area contributed by atoms with Gasteiger partial charge in [0.1, 0.15) is 0 Å². The van der Waals surface area contributed by atoms with Gasteiger partial charge in [-0.1, -0.05) is 20.8 Å². The summed E-state index contributed by atoms with van der Waals surface area (Å²) >= 11 is 0. The molecule has 1 heterocycles. The summed E-state index contributed by atoms with van der Waals surface area (Å²) in [5.41, 5.74) is 0. The predicted octanol–water partition coefficient (Wildman–Crippen LogP) is 2.46.